The fraction of sp³-hybridized carbons (Fsp3) is 0.889. The van der Waals surface area contributed by atoms with E-state index in [1.165, 1.54) is 0 Å². The van der Waals surface area contributed by atoms with Crippen LogP contribution in [-0.2, 0) is 4.84 Å². The molecule has 1 unspecified atom stereocenters. The first-order valence-electron chi connectivity index (χ1n) is 5.13. The van der Waals surface area contributed by atoms with Gasteiger partial charge in [0.05, 0.1) is 12.2 Å². The third-order valence-electron chi connectivity index (χ3n) is 1.97. The standard InChI is InChI=1S/C9H20N2O4/c1-3-8(4-2)15-11-6-7(12)5-10-9(13)14/h7-8,10-12H,3-6H2,1-2H3,(H,13,14). The molecule has 1 amide bonds. The van der Waals surface area contributed by atoms with E-state index in [4.69, 9.17) is 9.94 Å². The SMILES string of the molecule is CCC(CC)ONCC(O)CNC(=O)O. The summed E-state index contributed by atoms with van der Waals surface area (Å²) in [6, 6.07) is 0. The summed E-state index contributed by atoms with van der Waals surface area (Å²) in [6.45, 7) is 4.22. The van der Waals surface area contributed by atoms with Crippen LogP contribution in [0.2, 0.25) is 0 Å². The summed E-state index contributed by atoms with van der Waals surface area (Å²) in [5.41, 5.74) is 2.63. The maximum atomic E-state index is 10.1. The molecule has 0 aliphatic carbocycles. The number of hydroxylamine groups is 1. The topological polar surface area (TPSA) is 90.8 Å². The van der Waals surface area contributed by atoms with E-state index in [9.17, 15) is 9.90 Å². The Labute approximate surface area is 89.6 Å². The minimum absolute atomic E-state index is 0.00535. The fourth-order valence-corrected chi connectivity index (χ4v) is 0.995. The van der Waals surface area contributed by atoms with Gasteiger partial charge < -0.3 is 15.5 Å². The molecule has 90 valence electrons. The predicted octanol–water partition coefficient (Wildman–Crippen LogP) is 0.325. The largest absolute Gasteiger partial charge is 0.465 e. The summed E-state index contributed by atoms with van der Waals surface area (Å²) in [5.74, 6) is 0. The van der Waals surface area contributed by atoms with Crippen LogP contribution in [0.1, 0.15) is 26.7 Å². The van der Waals surface area contributed by atoms with Crippen LogP contribution in [0.3, 0.4) is 0 Å². The van der Waals surface area contributed by atoms with Crippen molar-refractivity contribution in [3.63, 3.8) is 0 Å². The van der Waals surface area contributed by atoms with Crippen molar-refractivity contribution >= 4 is 6.09 Å². The highest BCUT2D eigenvalue weighted by Gasteiger charge is 2.07. The second-order valence-corrected chi connectivity index (χ2v) is 3.24. The molecule has 0 aromatic heterocycles. The zero-order valence-electron chi connectivity index (χ0n) is 9.19. The van der Waals surface area contributed by atoms with E-state index in [-0.39, 0.29) is 19.2 Å². The van der Waals surface area contributed by atoms with E-state index in [0.717, 1.165) is 12.8 Å². The predicted molar refractivity (Wildman–Crippen MR) is 55.5 cm³/mol. The molecule has 1 atom stereocenters. The summed E-state index contributed by atoms with van der Waals surface area (Å²) >= 11 is 0. The molecule has 0 aliphatic heterocycles. The van der Waals surface area contributed by atoms with Crippen molar-refractivity contribution in [1.29, 1.82) is 0 Å². The highest BCUT2D eigenvalue weighted by Crippen LogP contribution is 1.99. The molecular weight excluding hydrogens is 200 g/mol. The van der Waals surface area contributed by atoms with Gasteiger partial charge in [-0.25, -0.2) is 4.79 Å². The maximum Gasteiger partial charge on any atom is 0.404 e. The van der Waals surface area contributed by atoms with Gasteiger partial charge in [-0.3, -0.25) is 4.84 Å². The van der Waals surface area contributed by atoms with Crippen LogP contribution in [0.15, 0.2) is 0 Å². The quantitative estimate of drug-likeness (QED) is 0.442. The molecule has 0 heterocycles. The molecule has 0 radical (unpaired) electrons. The van der Waals surface area contributed by atoms with Crippen molar-refractivity contribution in [3.05, 3.63) is 0 Å². The van der Waals surface area contributed by atoms with Crippen LogP contribution in [-0.4, -0.2) is 41.6 Å². The Morgan fingerprint density at radius 2 is 1.93 bits per heavy atom. The molecular formula is C9H20N2O4. The molecule has 0 spiro atoms. The number of aliphatic hydroxyl groups excluding tert-OH is 1. The average Bonchev–Trinajstić information content (AvgIpc) is 2.21. The number of rotatable bonds is 8. The monoisotopic (exact) mass is 220 g/mol. The second kappa shape index (κ2) is 8.46. The van der Waals surface area contributed by atoms with Gasteiger partial charge in [0.25, 0.3) is 0 Å². The third-order valence-corrected chi connectivity index (χ3v) is 1.97. The van der Waals surface area contributed by atoms with Gasteiger partial charge in [-0.15, -0.1) is 0 Å². The second-order valence-electron chi connectivity index (χ2n) is 3.24. The molecule has 0 aliphatic rings. The number of carbonyl (C=O) groups is 1. The smallest absolute Gasteiger partial charge is 0.404 e. The van der Waals surface area contributed by atoms with Crippen LogP contribution in [0, 0.1) is 0 Å². The lowest BCUT2D eigenvalue weighted by Crippen LogP contribution is -2.38. The number of hydrogen-bond donors (Lipinski definition) is 4. The molecule has 0 fully saturated rings. The number of hydrogen-bond acceptors (Lipinski definition) is 4. The molecule has 6 nitrogen and oxygen atoms in total. The number of amides is 1. The third kappa shape index (κ3) is 8.17. The number of carboxylic acid groups (broad SMARTS) is 1. The van der Waals surface area contributed by atoms with Gasteiger partial charge in [-0.05, 0) is 12.8 Å². The molecule has 0 aromatic rings. The first-order valence-corrected chi connectivity index (χ1v) is 5.13. The Morgan fingerprint density at radius 1 is 1.33 bits per heavy atom. The van der Waals surface area contributed by atoms with Gasteiger partial charge in [0.15, 0.2) is 0 Å². The van der Waals surface area contributed by atoms with Gasteiger partial charge in [0, 0.05) is 13.1 Å². The Balaban J connectivity index is 3.45. The summed E-state index contributed by atoms with van der Waals surface area (Å²) in [4.78, 5) is 15.3. The van der Waals surface area contributed by atoms with Crippen LogP contribution in [0.25, 0.3) is 0 Å². The minimum atomic E-state index is -1.14. The normalized spacial score (nSPS) is 12.8. The fourth-order valence-electron chi connectivity index (χ4n) is 0.995. The average molecular weight is 220 g/mol. The van der Waals surface area contributed by atoms with Crippen molar-refractivity contribution < 1.29 is 19.8 Å². The van der Waals surface area contributed by atoms with E-state index in [1.54, 1.807) is 0 Å². The first-order chi connectivity index (χ1) is 7.10. The van der Waals surface area contributed by atoms with Crippen LogP contribution in [0.4, 0.5) is 4.79 Å². The highest BCUT2D eigenvalue weighted by molar-refractivity contribution is 5.64. The van der Waals surface area contributed by atoms with Crippen LogP contribution < -0.4 is 10.8 Å². The van der Waals surface area contributed by atoms with Gasteiger partial charge in [-0.1, -0.05) is 13.8 Å². The lowest BCUT2D eigenvalue weighted by molar-refractivity contribution is -0.0428. The molecule has 0 bridgehead atoms. The van der Waals surface area contributed by atoms with Crippen molar-refractivity contribution in [2.45, 2.75) is 38.9 Å². The van der Waals surface area contributed by atoms with Gasteiger partial charge in [0.2, 0.25) is 0 Å². The van der Waals surface area contributed by atoms with Crippen LogP contribution >= 0.6 is 0 Å². The number of aliphatic hydroxyl groups is 1. The van der Waals surface area contributed by atoms with E-state index >= 15 is 0 Å². The van der Waals surface area contributed by atoms with E-state index in [2.05, 4.69) is 10.8 Å². The van der Waals surface area contributed by atoms with E-state index < -0.39 is 12.2 Å². The molecule has 0 saturated heterocycles. The summed E-state index contributed by atoms with van der Waals surface area (Å²) < 4.78 is 0. The summed E-state index contributed by atoms with van der Waals surface area (Å²) in [6.07, 6.45) is -0.00463. The van der Waals surface area contributed by atoms with E-state index in [0.29, 0.717) is 0 Å². The van der Waals surface area contributed by atoms with Crippen molar-refractivity contribution in [2.24, 2.45) is 0 Å². The Hall–Kier alpha value is -0.850. The lowest BCUT2D eigenvalue weighted by atomic mass is 10.2. The Bertz CT molecular complexity index is 173. The summed E-state index contributed by atoms with van der Waals surface area (Å²) in [7, 11) is 0. The Morgan fingerprint density at radius 3 is 2.40 bits per heavy atom. The van der Waals surface area contributed by atoms with Gasteiger partial charge >= 0.3 is 6.09 Å². The lowest BCUT2D eigenvalue weighted by Gasteiger charge is -2.16. The van der Waals surface area contributed by atoms with Crippen molar-refractivity contribution in [2.75, 3.05) is 13.1 Å². The molecule has 4 N–H and O–H groups in total. The molecule has 6 heteroatoms. The first kappa shape index (κ1) is 14.2. The van der Waals surface area contributed by atoms with Crippen molar-refractivity contribution in [3.8, 4) is 0 Å². The summed E-state index contributed by atoms with van der Waals surface area (Å²) in [5, 5.41) is 19.6. The molecule has 0 saturated carbocycles. The molecule has 15 heavy (non-hydrogen) atoms. The molecule has 0 rings (SSSR count). The maximum absolute atomic E-state index is 10.1. The number of nitrogens with one attached hydrogen (secondary N) is 2. The van der Waals surface area contributed by atoms with E-state index in [1.807, 2.05) is 13.8 Å². The molecule has 0 aromatic carbocycles. The zero-order chi connectivity index (χ0) is 11.7. The Kier molecular flexibility index (Phi) is 7.98. The zero-order valence-corrected chi connectivity index (χ0v) is 9.19. The van der Waals surface area contributed by atoms with Gasteiger partial charge in [-0.2, -0.15) is 5.48 Å². The van der Waals surface area contributed by atoms with Gasteiger partial charge in [0.1, 0.15) is 0 Å². The van der Waals surface area contributed by atoms with Crippen LogP contribution in [0.5, 0.6) is 0 Å². The van der Waals surface area contributed by atoms with Crippen molar-refractivity contribution in [1.82, 2.24) is 10.8 Å². The minimum Gasteiger partial charge on any atom is -0.465 e. The highest BCUT2D eigenvalue weighted by atomic mass is 16.7.